The third-order valence-electron chi connectivity index (χ3n) is 3.90. The fraction of sp³-hybridized carbons (Fsp3) is 0.786. The molecule has 4 nitrogen and oxygen atoms in total. The number of aromatic nitrogens is 2. The van der Waals surface area contributed by atoms with Gasteiger partial charge in [-0.15, -0.1) is 0 Å². The lowest BCUT2D eigenvalue weighted by Gasteiger charge is -2.28. The van der Waals surface area contributed by atoms with Gasteiger partial charge in [0.25, 0.3) is 0 Å². The van der Waals surface area contributed by atoms with E-state index in [-0.39, 0.29) is 11.2 Å². The number of ether oxygens (including phenoxy) is 1. The van der Waals surface area contributed by atoms with E-state index in [9.17, 15) is 0 Å². The van der Waals surface area contributed by atoms with Crippen molar-refractivity contribution >= 4 is 5.69 Å². The SMILES string of the molecule is Cc1nn(C)c(C)c1NC1CC(C)(C)OC1(C)C. The summed E-state index contributed by atoms with van der Waals surface area (Å²) in [5.74, 6) is 0. The highest BCUT2D eigenvalue weighted by Gasteiger charge is 2.46. The zero-order valence-corrected chi connectivity index (χ0v) is 12.6. The predicted molar refractivity (Wildman–Crippen MR) is 74.0 cm³/mol. The summed E-state index contributed by atoms with van der Waals surface area (Å²) in [6.45, 7) is 12.7. The van der Waals surface area contributed by atoms with Crippen LogP contribution in [0, 0.1) is 13.8 Å². The van der Waals surface area contributed by atoms with Crippen molar-refractivity contribution in [2.75, 3.05) is 5.32 Å². The molecule has 1 N–H and O–H groups in total. The van der Waals surface area contributed by atoms with Crippen LogP contribution in [0.3, 0.4) is 0 Å². The number of nitrogens with one attached hydrogen (secondary N) is 1. The van der Waals surface area contributed by atoms with Crippen LogP contribution in [0.2, 0.25) is 0 Å². The maximum atomic E-state index is 6.12. The molecule has 18 heavy (non-hydrogen) atoms. The maximum absolute atomic E-state index is 6.12. The molecule has 0 spiro atoms. The van der Waals surface area contributed by atoms with Crippen LogP contribution in [0.5, 0.6) is 0 Å². The first kappa shape index (κ1) is 13.4. The normalized spacial score (nSPS) is 25.4. The van der Waals surface area contributed by atoms with E-state index in [1.54, 1.807) is 0 Å². The summed E-state index contributed by atoms with van der Waals surface area (Å²) in [5.41, 5.74) is 3.16. The van der Waals surface area contributed by atoms with E-state index >= 15 is 0 Å². The maximum Gasteiger partial charge on any atom is 0.0834 e. The number of anilines is 1. The average Bonchev–Trinajstić information content (AvgIpc) is 2.53. The van der Waals surface area contributed by atoms with Gasteiger partial charge in [0.1, 0.15) is 0 Å². The molecule has 1 aliphatic rings. The fourth-order valence-electron chi connectivity index (χ4n) is 2.94. The lowest BCUT2D eigenvalue weighted by Crippen LogP contribution is -2.38. The Kier molecular flexibility index (Phi) is 2.97. The minimum Gasteiger partial charge on any atom is -0.376 e. The van der Waals surface area contributed by atoms with Crippen molar-refractivity contribution in [3.63, 3.8) is 0 Å². The predicted octanol–water partition coefficient (Wildman–Crippen LogP) is 2.79. The van der Waals surface area contributed by atoms with E-state index in [1.165, 1.54) is 5.69 Å². The van der Waals surface area contributed by atoms with Gasteiger partial charge in [0.15, 0.2) is 0 Å². The molecule has 4 heteroatoms. The van der Waals surface area contributed by atoms with Gasteiger partial charge in [-0.25, -0.2) is 0 Å². The Bertz CT molecular complexity index is 460. The van der Waals surface area contributed by atoms with Gasteiger partial charge in [0.05, 0.1) is 34.3 Å². The van der Waals surface area contributed by atoms with Gasteiger partial charge in [-0.05, 0) is 48.0 Å². The van der Waals surface area contributed by atoms with Gasteiger partial charge in [-0.2, -0.15) is 5.10 Å². The summed E-state index contributed by atoms with van der Waals surface area (Å²) in [7, 11) is 1.98. The van der Waals surface area contributed by atoms with Crippen molar-refractivity contribution in [3.05, 3.63) is 11.4 Å². The van der Waals surface area contributed by atoms with Crippen LogP contribution in [0.1, 0.15) is 45.5 Å². The van der Waals surface area contributed by atoms with Crippen LogP contribution in [0.15, 0.2) is 0 Å². The zero-order chi connectivity index (χ0) is 13.7. The van der Waals surface area contributed by atoms with Crippen LogP contribution in [0.4, 0.5) is 5.69 Å². The molecule has 1 unspecified atom stereocenters. The van der Waals surface area contributed by atoms with E-state index in [0.29, 0.717) is 6.04 Å². The molecular formula is C14H25N3O. The van der Waals surface area contributed by atoms with Crippen molar-refractivity contribution in [1.29, 1.82) is 0 Å². The molecule has 1 aliphatic heterocycles. The summed E-state index contributed by atoms with van der Waals surface area (Å²) in [6, 6.07) is 0.314. The summed E-state index contributed by atoms with van der Waals surface area (Å²) in [5, 5.41) is 8.09. The molecule has 1 atom stereocenters. The molecule has 1 aromatic rings. The Labute approximate surface area is 110 Å². The third kappa shape index (κ3) is 2.26. The van der Waals surface area contributed by atoms with Gasteiger partial charge in [-0.1, -0.05) is 0 Å². The van der Waals surface area contributed by atoms with Gasteiger partial charge < -0.3 is 10.1 Å². The Morgan fingerprint density at radius 3 is 2.28 bits per heavy atom. The highest BCUT2D eigenvalue weighted by atomic mass is 16.5. The molecule has 1 saturated heterocycles. The van der Waals surface area contributed by atoms with E-state index < -0.39 is 0 Å². The third-order valence-corrected chi connectivity index (χ3v) is 3.90. The van der Waals surface area contributed by atoms with Crippen LogP contribution >= 0.6 is 0 Å². The molecule has 0 amide bonds. The van der Waals surface area contributed by atoms with Gasteiger partial charge in [0, 0.05) is 7.05 Å². The highest BCUT2D eigenvalue weighted by Crippen LogP contribution is 2.39. The molecule has 0 aromatic carbocycles. The smallest absolute Gasteiger partial charge is 0.0834 e. The van der Waals surface area contributed by atoms with Crippen molar-refractivity contribution in [2.45, 2.75) is 65.2 Å². The highest BCUT2D eigenvalue weighted by molar-refractivity contribution is 5.53. The monoisotopic (exact) mass is 251 g/mol. The summed E-state index contributed by atoms with van der Waals surface area (Å²) in [6.07, 6.45) is 1.01. The van der Waals surface area contributed by atoms with Gasteiger partial charge in [0.2, 0.25) is 0 Å². The van der Waals surface area contributed by atoms with Crippen LogP contribution < -0.4 is 5.32 Å². The largest absolute Gasteiger partial charge is 0.376 e. The molecule has 2 rings (SSSR count). The molecular weight excluding hydrogens is 226 g/mol. The minimum absolute atomic E-state index is 0.0643. The molecule has 102 valence electrons. The molecule has 0 saturated carbocycles. The van der Waals surface area contributed by atoms with Crippen LogP contribution in [-0.4, -0.2) is 27.0 Å². The Balaban J connectivity index is 2.24. The Hall–Kier alpha value is -1.03. The summed E-state index contributed by atoms with van der Waals surface area (Å²) in [4.78, 5) is 0. The van der Waals surface area contributed by atoms with Crippen molar-refractivity contribution in [2.24, 2.45) is 7.05 Å². The average molecular weight is 251 g/mol. The lowest BCUT2D eigenvalue weighted by molar-refractivity contribution is -0.0662. The van der Waals surface area contributed by atoms with Crippen LogP contribution in [0.25, 0.3) is 0 Å². The quantitative estimate of drug-likeness (QED) is 0.878. The second-order valence-electron chi connectivity index (χ2n) is 6.54. The number of aryl methyl sites for hydroxylation is 2. The first-order valence-corrected chi connectivity index (χ1v) is 6.59. The molecule has 1 fully saturated rings. The number of hydrogen-bond donors (Lipinski definition) is 1. The molecule has 2 heterocycles. The molecule has 0 radical (unpaired) electrons. The number of nitrogens with zero attached hydrogens (tertiary/aromatic N) is 2. The summed E-state index contributed by atoms with van der Waals surface area (Å²) < 4.78 is 8.04. The van der Waals surface area contributed by atoms with Crippen LogP contribution in [-0.2, 0) is 11.8 Å². The minimum atomic E-state index is -0.155. The molecule has 0 bridgehead atoms. The van der Waals surface area contributed by atoms with E-state index in [1.807, 2.05) is 18.7 Å². The van der Waals surface area contributed by atoms with Crippen molar-refractivity contribution < 1.29 is 4.74 Å². The fourth-order valence-corrected chi connectivity index (χ4v) is 2.94. The first-order valence-electron chi connectivity index (χ1n) is 6.59. The number of hydrogen-bond acceptors (Lipinski definition) is 3. The second-order valence-corrected chi connectivity index (χ2v) is 6.54. The molecule has 0 aliphatic carbocycles. The van der Waals surface area contributed by atoms with Gasteiger partial charge >= 0.3 is 0 Å². The van der Waals surface area contributed by atoms with Crippen molar-refractivity contribution in [1.82, 2.24) is 9.78 Å². The van der Waals surface area contributed by atoms with E-state index in [4.69, 9.17) is 4.74 Å². The molecule has 1 aromatic heterocycles. The van der Waals surface area contributed by atoms with Gasteiger partial charge in [-0.3, -0.25) is 4.68 Å². The second kappa shape index (κ2) is 3.98. The topological polar surface area (TPSA) is 39.1 Å². The van der Waals surface area contributed by atoms with E-state index in [0.717, 1.165) is 17.8 Å². The standard InChI is InChI=1S/C14H25N3O/c1-9-12(10(2)17(7)16-9)15-11-8-13(3,4)18-14(11,5)6/h11,15H,8H2,1-7H3. The number of rotatable bonds is 2. The first-order chi connectivity index (χ1) is 8.12. The Morgan fingerprint density at radius 1 is 1.28 bits per heavy atom. The lowest BCUT2D eigenvalue weighted by atomic mass is 9.94. The summed E-state index contributed by atoms with van der Waals surface area (Å²) >= 11 is 0. The zero-order valence-electron chi connectivity index (χ0n) is 12.6. The van der Waals surface area contributed by atoms with Crippen molar-refractivity contribution in [3.8, 4) is 0 Å². The van der Waals surface area contributed by atoms with E-state index in [2.05, 4.69) is 45.0 Å². The Morgan fingerprint density at radius 2 is 1.89 bits per heavy atom.